The van der Waals surface area contributed by atoms with Gasteiger partial charge in [0.2, 0.25) is 0 Å². The van der Waals surface area contributed by atoms with Crippen LogP contribution < -0.4 is 4.74 Å². The van der Waals surface area contributed by atoms with Gasteiger partial charge in [-0.15, -0.1) is 11.8 Å². The van der Waals surface area contributed by atoms with Crippen LogP contribution >= 0.6 is 11.8 Å². The molecule has 1 saturated heterocycles. The summed E-state index contributed by atoms with van der Waals surface area (Å²) in [5, 5.41) is 29.0. The van der Waals surface area contributed by atoms with E-state index in [1.54, 1.807) is 18.4 Å². The summed E-state index contributed by atoms with van der Waals surface area (Å²) in [6.45, 7) is 0. The molecule has 21 heavy (non-hydrogen) atoms. The molecule has 1 aliphatic heterocycles. The molecule has 2 aromatic rings. The fourth-order valence-electron chi connectivity index (χ4n) is 2.16. The normalized spacial score (nSPS) is 29.3. The Morgan fingerprint density at radius 1 is 1.05 bits per heavy atom. The van der Waals surface area contributed by atoms with Crippen LogP contribution in [0.3, 0.4) is 0 Å². The van der Waals surface area contributed by atoms with Crippen molar-refractivity contribution < 1.29 is 24.5 Å². The Kier molecular flexibility index (Phi) is 4.21. The summed E-state index contributed by atoms with van der Waals surface area (Å²) >= 11 is 1.28. The number of aliphatic hydroxyl groups excluding tert-OH is 3. The van der Waals surface area contributed by atoms with Crippen molar-refractivity contribution in [2.75, 3.05) is 5.75 Å². The van der Waals surface area contributed by atoms with Gasteiger partial charge in [0.05, 0.1) is 12.4 Å². The minimum Gasteiger partial charge on any atom is -0.477 e. The highest BCUT2D eigenvalue weighted by Gasteiger charge is 2.38. The Morgan fingerprint density at radius 2 is 1.81 bits per heavy atom. The van der Waals surface area contributed by atoms with E-state index in [4.69, 9.17) is 9.15 Å². The van der Waals surface area contributed by atoms with Crippen molar-refractivity contribution in [3.8, 4) is 17.1 Å². The largest absolute Gasteiger partial charge is 0.477 e. The molecule has 3 N–H and O–H groups in total. The van der Waals surface area contributed by atoms with E-state index >= 15 is 0 Å². The third-order valence-electron chi connectivity index (χ3n) is 3.37. The standard InChI is InChI=1S/C15H16O5S/c16-11-8-21-15(14(18)13(11)17)20-10-5-3-9(4-6-10)12-2-1-7-19-12/h1-7,11,13-18H,8H2/t11-,13+,14-,15-/m1/s1. The van der Waals surface area contributed by atoms with Crippen molar-refractivity contribution in [1.29, 1.82) is 0 Å². The van der Waals surface area contributed by atoms with Crippen LogP contribution in [0.15, 0.2) is 47.1 Å². The molecule has 6 heteroatoms. The molecule has 2 heterocycles. The minimum atomic E-state index is -1.18. The molecule has 0 saturated carbocycles. The zero-order valence-electron chi connectivity index (χ0n) is 11.1. The highest BCUT2D eigenvalue weighted by Crippen LogP contribution is 2.30. The Balaban J connectivity index is 1.68. The molecular weight excluding hydrogens is 292 g/mol. The van der Waals surface area contributed by atoms with Gasteiger partial charge in [-0.25, -0.2) is 0 Å². The predicted molar refractivity (Wildman–Crippen MR) is 79.0 cm³/mol. The molecule has 112 valence electrons. The quantitative estimate of drug-likeness (QED) is 0.797. The lowest BCUT2D eigenvalue weighted by molar-refractivity contribution is -0.0786. The Morgan fingerprint density at radius 3 is 2.48 bits per heavy atom. The van der Waals surface area contributed by atoms with Gasteiger partial charge < -0.3 is 24.5 Å². The highest BCUT2D eigenvalue weighted by atomic mass is 32.2. The lowest BCUT2D eigenvalue weighted by Gasteiger charge is -2.34. The fraction of sp³-hybridized carbons (Fsp3) is 0.333. The number of rotatable bonds is 3. The van der Waals surface area contributed by atoms with Gasteiger partial charge in [0, 0.05) is 11.3 Å². The summed E-state index contributed by atoms with van der Waals surface area (Å²) in [6, 6.07) is 11.0. The van der Waals surface area contributed by atoms with Gasteiger partial charge in [-0.1, -0.05) is 0 Å². The summed E-state index contributed by atoms with van der Waals surface area (Å²) in [7, 11) is 0. The Hall–Kier alpha value is -1.47. The smallest absolute Gasteiger partial charge is 0.173 e. The van der Waals surface area contributed by atoms with Crippen LogP contribution in [0.2, 0.25) is 0 Å². The SMILES string of the molecule is O[C@@H]1[C@@H](O)[C@H](Oc2ccc(-c3ccco3)cc2)SC[C@H]1O. The van der Waals surface area contributed by atoms with Crippen molar-refractivity contribution in [2.45, 2.75) is 23.7 Å². The first kappa shape index (κ1) is 14.5. The van der Waals surface area contributed by atoms with E-state index in [0.717, 1.165) is 11.3 Å². The maximum atomic E-state index is 9.90. The molecule has 5 nitrogen and oxygen atoms in total. The highest BCUT2D eigenvalue weighted by molar-refractivity contribution is 7.99. The summed E-state index contributed by atoms with van der Waals surface area (Å²) in [6.07, 6.45) is -1.62. The number of thioether (sulfide) groups is 1. The van der Waals surface area contributed by atoms with E-state index in [-0.39, 0.29) is 0 Å². The predicted octanol–water partition coefficient (Wildman–Crippen LogP) is 1.48. The van der Waals surface area contributed by atoms with Crippen LogP contribution in [-0.4, -0.2) is 44.8 Å². The van der Waals surface area contributed by atoms with E-state index < -0.39 is 23.7 Å². The second-order valence-corrected chi connectivity index (χ2v) is 6.00. The summed E-state index contributed by atoms with van der Waals surface area (Å²) in [5.74, 6) is 1.69. The lowest BCUT2D eigenvalue weighted by atomic mass is 10.1. The van der Waals surface area contributed by atoms with Crippen LogP contribution in [0, 0.1) is 0 Å². The molecule has 1 aromatic carbocycles. The third kappa shape index (κ3) is 3.08. The maximum Gasteiger partial charge on any atom is 0.173 e. The van der Waals surface area contributed by atoms with E-state index in [9.17, 15) is 15.3 Å². The van der Waals surface area contributed by atoms with Gasteiger partial charge in [0.15, 0.2) is 5.44 Å². The van der Waals surface area contributed by atoms with Crippen LogP contribution in [-0.2, 0) is 0 Å². The van der Waals surface area contributed by atoms with Crippen molar-refractivity contribution in [2.24, 2.45) is 0 Å². The molecule has 0 radical (unpaired) electrons. The van der Waals surface area contributed by atoms with Crippen LogP contribution in [0.25, 0.3) is 11.3 Å². The topological polar surface area (TPSA) is 83.1 Å². The van der Waals surface area contributed by atoms with Gasteiger partial charge in [-0.05, 0) is 36.4 Å². The van der Waals surface area contributed by atoms with E-state index in [0.29, 0.717) is 11.5 Å². The zero-order valence-corrected chi connectivity index (χ0v) is 11.9. The van der Waals surface area contributed by atoms with Gasteiger partial charge in [0.25, 0.3) is 0 Å². The van der Waals surface area contributed by atoms with Crippen molar-refractivity contribution >= 4 is 11.8 Å². The Labute approximate surface area is 126 Å². The number of hydrogen-bond donors (Lipinski definition) is 3. The summed E-state index contributed by atoms with van der Waals surface area (Å²) < 4.78 is 11.0. The molecule has 1 aromatic heterocycles. The van der Waals surface area contributed by atoms with E-state index in [1.165, 1.54) is 11.8 Å². The van der Waals surface area contributed by atoms with Crippen LogP contribution in [0.4, 0.5) is 0 Å². The number of ether oxygens (including phenoxy) is 1. The van der Waals surface area contributed by atoms with Gasteiger partial charge in [-0.2, -0.15) is 0 Å². The average Bonchev–Trinajstić information content (AvgIpc) is 3.03. The van der Waals surface area contributed by atoms with E-state index in [2.05, 4.69) is 0 Å². The molecule has 0 amide bonds. The second-order valence-electron chi connectivity index (χ2n) is 4.87. The van der Waals surface area contributed by atoms with Gasteiger partial charge in [0.1, 0.15) is 23.7 Å². The van der Waals surface area contributed by atoms with Crippen molar-refractivity contribution in [3.63, 3.8) is 0 Å². The van der Waals surface area contributed by atoms with Crippen molar-refractivity contribution in [3.05, 3.63) is 42.7 Å². The molecule has 0 aliphatic carbocycles. The molecule has 0 bridgehead atoms. The first-order valence-electron chi connectivity index (χ1n) is 6.61. The maximum absolute atomic E-state index is 9.90. The number of furan rings is 1. The third-order valence-corrected chi connectivity index (χ3v) is 4.60. The van der Waals surface area contributed by atoms with Gasteiger partial charge >= 0.3 is 0 Å². The lowest BCUT2D eigenvalue weighted by Crippen LogP contribution is -2.50. The molecular formula is C15H16O5S. The first-order chi connectivity index (χ1) is 10.1. The molecule has 0 unspecified atom stereocenters. The molecule has 1 aliphatic rings. The number of benzene rings is 1. The fourth-order valence-corrected chi connectivity index (χ4v) is 3.28. The number of hydrogen-bond acceptors (Lipinski definition) is 6. The first-order valence-corrected chi connectivity index (χ1v) is 7.66. The van der Waals surface area contributed by atoms with Crippen LogP contribution in [0.5, 0.6) is 5.75 Å². The number of aliphatic hydroxyl groups is 3. The molecule has 3 rings (SSSR count). The minimum absolute atomic E-state index is 0.327. The molecule has 1 fully saturated rings. The monoisotopic (exact) mass is 308 g/mol. The van der Waals surface area contributed by atoms with E-state index in [1.807, 2.05) is 24.3 Å². The Bertz CT molecular complexity index is 568. The zero-order chi connectivity index (χ0) is 14.8. The second kappa shape index (κ2) is 6.11. The summed E-state index contributed by atoms with van der Waals surface area (Å²) in [4.78, 5) is 0. The van der Waals surface area contributed by atoms with Crippen LogP contribution in [0.1, 0.15) is 0 Å². The molecule has 4 atom stereocenters. The average molecular weight is 308 g/mol. The van der Waals surface area contributed by atoms with Crippen molar-refractivity contribution in [1.82, 2.24) is 0 Å². The molecule has 0 spiro atoms. The summed E-state index contributed by atoms with van der Waals surface area (Å²) in [5.41, 5.74) is 0.331. The van der Waals surface area contributed by atoms with Gasteiger partial charge in [-0.3, -0.25) is 0 Å².